The van der Waals surface area contributed by atoms with Crippen LogP contribution in [0.5, 0.6) is 0 Å². The number of carbonyl (C=O) groups is 1. The lowest BCUT2D eigenvalue weighted by atomic mass is 9.97. The molecule has 5 rings (SSSR count). The van der Waals surface area contributed by atoms with Crippen LogP contribution in [-0.2, 0) is 0 Å². The molecular formula is C24H16N2O5. The fourth-order valence-corrected chi connectivity index (χ4v) is 4.02. The second-order valence-electron chi connectivity index (χ2n) is 7.44. The monoisotopic (exact) mass is 412 g/mol. The summed E-state index contributed by atoms with van der Waals surface area (Å²) in [7, 11) is 0. The molecule has 0 fully saturated rings. The molecule has 7 heteroatoms. The number of nitro benzene ring substituents is 1. The third kappa shape index (κ3) is 2.90. The van der Waals surface area contributed by atoms with Crippen molar-refractivity contribution in [1.29, 1.82) is 0 Å². The quantitative estimate of drug-likeness (QED) is 0.357. The van der Waals surface area contributed by atoms with Crippen LogP contribution in [0.1, 0.15) is 33.3 Å². The summed E-state index contributed by atoms with van der Waals surface area (Å²) in [5.74, 6) is -0.501. The van der Waals surface area contributed by atoms with E-state index in [0.717, 1.165) is 5.56 Å². The summed E-state index contributed by atoms with van der Waals surface area (Å²) in [6.45, 7) is 1.93. The molecule has 0 saturated heterocycles. The first-order chi connectivity index (χ1) is 15.0. The Morgan fingerprint density at radius 1 is 0.968 bits per heavy atom. The highest BCUT2D eigenvalue weighted by atomic mass is 16.6. The Labute approximate surface area is 176 Å². The molecule has 0 N–H and O–H groups in total. The summed E-state index contributed by atoms with van der Waals surface area (Å²) >= 11 is 0. The Morgan fingerprint density at radius 2 is 1.71 bits per heavy atom. The number of fused-ring (bicyclic) bond motifs is 2. The first kappa shape index (κ1) is 18.7. The smallest absolute Gasteiger partial charge is 0.295 e. The molecule has 1 unspecified atom stereocenters. The molecule has 7 nitrogen and oxygen atoms in total. The third-order valence-corrected chi connectivity index (χ3v) is 5.49. The van der Waals surface area contributed by atoms with Crippen molar-refractivity contribution in [2.45, 2.75) is 13.0 Å². The van der Waals surface area contributed by atoms with Crippen molar-refractivity contribution in [3.63, 3.8) is 0 Å². The zero-order valence-electron chi connectivity index (χ0n) is 16.4. The predicted octanol–water partition coefficient (Wildman–Crippen LogP) is 4.76. The average molecular weight is 412 g/mol. The fourth-order valence-electron chi connectivity index (χ4n) is 4.02. The molecular weight excluding hydrogens is 396 g/mol. The predicted molar refractivity (Wildman–Crippen MR) is 115 cm³/mol. The second-order valence-corrected chi connectivity index (χ2v) is 7.44. The van der Waals surface area contributed by atoms with E-state index in [-0.39, 0.29) is 22.4 Å². The van der Waals surface area contributed by atoms with E-state index in [2.05, 4.69) is 0 Å². The number of amides is 1. The maximum absolute atomic E-state index is 13.4. The molecule has 1 aromatic heterocycles. The highest BCUT2D eigenvalue weighted by Gasteiger charge is 2.43. The van der Waals surface area contributed by atoms with Gasteiger partial charge in [-0.15, -0.1) is 0 Å². The van der Waals surface area contributed by atoms with E-state index in [1.165, 1.54) is 17.0 Å². The molecule has 0 bridgehead atoms. The molecule has 0 saturated carbocycles. The minimum atomic E-state index is -0.842. The van der Waals surface area contributed by atoms with Gasteiger partial charge in [-0.3, -0.25) is 24.6 Å². The van der Waals surface area contributed by atoms with Crippen LogP contribution in [0, 0.1) is 17.0 Å². The lowest BCUT2D eigenvalue weighted by molar-refractivity contribution is -0.384. The van der Waals surface area contributed by atoms with Crippen molar-refractivity contribution in [2.24, 2.45) is 0 Å². The summed E-state index contributed by atoms with van der Waals surface area (Å²) in [6.07, 6.45) is 0. The van der Waals surface area contributed by atoms with Gasteiger partial charge in [-0.2, -0.15) is 0 Å². The van der Waals surface area contributed by atoms with Crippen LogP contribution < -0.4 is 10.3 Å². The molecule has 152 valence electrons. The maximum Gasteiger partial charge on any atom is 0.295 e. The molecule has 4 aromatic rings. The number of benzene rings is 3. The lowest BCUT2D eigenvalue weighted by Gasteiger charge is -2.25. The van der Waals surface area contributed by atoms with Gasteiger partial charge in [-0.05, 0) is 36.8 Å². The zero-order chi connectivity index (χ0) is 21.7. The van der Waals surface area contributed by atoms with Crippen LogP contribution in [0.3, 0.4) is 0 Å². The average Bonchev–Trinajstić information content (AvgIpc) is 3.07. The number of carbonyl (C=O) groups excluding carboxylic acids is 1. The van der Waals surface area contributed by atoms with Crippen LogP contribution in [-0.4, -0.2) is 10.8 Å². The molecule has 1 aliphatic heterocycles. The molecule has 1 atom stereocenters. The van der Waals surface area contributed by atoms with Gasteiger partial charge >= 0.3 is 0 Å². The van der Waals surface area contributed by atoms with Crippen molar-refractivity contribution in [3.05, 3.63) is 116 Å². The van der Waals surface area contributed by atoms with E-state index in [4.69, 9.17) is 4.42 Å². The second kappa shape index (κ2) is 6.91. The van der Waals surface area contributed by atoms with Crippen LogP contribution in [0.4, 0.5) is 11.4 Å². The topological polar surface area (TPSA) is 93.7 Å². The van der Waals surface area contributed by atoms with Gasteiger partial charge in [0.1, 0.15) is 5.58 Å². The number of aryl methyl sites for hydroxylation is 1. The number of hydrogen-bond acceptors (Lipinski definition) is 5. The van der Waals surface area contributed by atoms with E-state index >= 15 is 0 Å². The Hall–Kier alpha value is -4.26. The van der Waals surface area contributed by atoms with Crippen LogP contribution in [0.25, 0.3) is 11.0 Å². The largest absolute Gasteiger partial charge is 0.450 e. The minimum Gasteiger partial charge on any atom is -0.450 e. The summed E-state index contributed by atoms with van der Waals surface area (Å²) in [5.41, 5.74) is 2.11. The van der Waals surface area contributed by atoms with Gasteiger partial charge in [0.25, 0.3) is 11.6 Å². The number of anilines is 1. The number of rotatable bonds is 3. The minimum absolute atomic E-state index is 0.0409. The molecule has 1 aliphatic rings. The number of nitro groups is 1. The van der Waals surface area contributed by atoms with Crippen LogP contribution in [0.2, 0.25) is 0 Å². The van der Waals surface area contributed by atoms with Crippen LogP contribution >= 0.6 is 0 Å². The molecule has 31 heavy (non-hydrogen) atoms. The Morgan fingerprint density at radius 3 is 2.45 bits per heavy atom. The third-order valence-electron chi connectivity index (χ3n) is 5.49. The summed E-state index contributed by atoms with van der Waals surface area (Å²) < 4.78 is 5.88. The van der Waals surface area contributed by atoms with E-state index in [1.54, 1.807) is 48.5 Å². The van der Waals surface area contributed by atoms with E-state index < -0.39 is 16.9 Å². The molecule has 1 amide bonds. The summed E-state index contributed by atoms with van der Waals surface area (Å²) in [5, 5.41) is 11.7. The molecule has 0 aliphatic carbocycles. The van der Waals surface area contributed by atoms with Crippen molar-refractivity contribution in [3.8, 4) is 0 Å². The van der Waals surface area contributed by atoms with Gasteiger partial charge in [0.05, 0.1) is 21.9 Å². The SMILES string of the molecule is Cc1ccc(N2C(=O)c3oc4ccccc4c(=O)c3C2c2cccc([N+](=O)[O-])c2)cc1. The van der Waals surface area contributed by atoms with Crippen LogP contribution in [0.15, 0.2) is 82.0 Å². The zero-order valence-corrected chi connectivity index (χ0v) is 16.4. The summed E-state index contributed by atoms with van der Waals surface area (Å²) in [6, 6.07) is 19.2. The first-order valence-corrected chi connectivity index (χ1v) is 9.66. The Balaban J connectivity index is 1.81. The highest BCUT2D eigenvalue weighted by molar-refractivity contribution is 6.10. The van der Waals surface area contributed by atoms with Gasteiger partial charge in [0.2, 0.25) is 5.76 Å². The number of nitrogens with zero attached hydrogens (tertiary/aromatic N) is 2. The molecule has 0 radical (unpaired) electrons. The number of non-ortho nitro benzene ring substituents is 1. The van der Waals surface area contributed by atoms with E-state index in [9.17, 15) is 19.7 Å². The Kier molecular flexibility index (Phi) is 4.18. The van der Waals surface area contributed by atoms with Gasteiger partial charge in [0.15, 0.2) is 5.43 Å². The molecule has 2 heterocycles. The van der Waals surface area contributed by atoms with E-state index in [0.29, 0.717) is 22.2 Å². The van der Waals surface area contributed by atoms with Gasteiger partial charge in [-0.1, -0.05) is 42.0 Å². The van der Waals surface area contributed by atoms with E-state index in [1.807, 2.05) is 19.1 Å². The summed E-state index contributed by atoms with van der Waals surface area (Å²) in [4.78, 5) is 39.2. The van der Waals surface area contributed by atoms with Gasteiger partial charge in [-0.25, -0.2) is 0 Å². The van der Waals surface area contributed by atoms with Crippen molar-refractivity contribution in [1.82, 2.24) is 0 Å². The molecule has 3 aromatic carbocycles. The molecule has 0 spiro atoms. The van der Waals surface area contributed by atoms with Gasteiger partial charge < -0.3 is 4.42 Å². The Bertz CT molecular complexity index is 1420. The normalized spacial score (nSPS) is 15.3. The lowest BCUT2D eigenvalue weighted by Crippen LogP contribution is -2.29. The van der Waals surface area contributed by atoms with Crippen molar-refractivity contribution < 1.29 is 14.1 Å². The fraction of sp³-hybridized carbons (Fsp3) is 0.0833. The maximum atomic E-state index is 13.4. The number of hydrogen-bond donors (Lipinski definition) is 0. The van der Waals surface area contributed by atoms with Gasteiger partial charge in [0, 0.05) is 17.8 Å². The van der Waals surface area contributed by atoms with Crippen molar-refractivity contribution in [2.75, 3.05) is 4.90 Å². The first-order valence-electron chi connectivity index (χ1n) is 9.66. The highest BCUT2D eigenvalue weighted by Crippen LogP contribution is 2.41. The standard InChI is InChI=1S/C24H16N2O5/c1-14-9-11-16(12-10-14)25-21(15-5-4-6-17(13-15)26(29)30)20-22(27)18-7-2-3-8-19(18)31-23(20)24(25)28/h2-13,21H,1H3. The van der Waals surface area contributed by atoms with Crippen molar-refractivity contribution >= 4 is 28.3 Å². The number of para-hydroxylation sites is 1.